The van der Waals surface area contributed by atoms with Crippen LogP contribution in [0.2, 0.25) is 0 Å². The molecule has 0 aliphatic heterocycles. The zero-order valence-electron chi connectivity index (χ0n) is 10.3. The Labute approximate surface area is 106 Å². The average Bonchev–Trinajstić information content (AvgIpc) is 2.20. The number of hydrogen-bond donors (Lipinski definition) is 0. The van der Waals surface area contributed by atoms with Gasteiger partial charge < -0.3 is 0 Å². The SMILES string of the molecule is CC(C)(C)CCC(CBr)c1ccccc1F. The minimum Gasteiger partial charge on any atom is -0.207 e. The lowest BCUT2D eigenvalue weighted by molar-refractivity contribution is 0.352. The maximum absolute atomic E-state index is 13.6. The molecule has 0 aliphatic carbocycles. The summed E-state index contributed by atoms with van der Waals surface area (Å²) in [4.78, 5) is 0. The third kappa shape index (κ3) is 4.25. The van der Waals surface area contributed by atoms with Crippen LogP contribution in [0.15, 0.2) is 24.3 Å². The van der Waals surface area contributed by atoms with E-state index >= 15 is 0 Å². The highest BCUT2D eigenvalue weighted by Crippen LogP contribution is 2.31. The van der Waals surface area contributed by atoms with Gasteiger partial charge in [-0.05, 0) is 35.8 Å². The van der Waals surface area contributed by atoms with E-state index in [-0.39, 0.29) is 11.7 Å². The van der Waals surface area contributed by atoms with Crippen molar-refractivity contribution in [3.63, 3.8) is 0 Å². The highest BCUT2D eigenvalue weighted by molar-refractivity contribution is 9.09. The molecule has 1 rings (SSSR count). The summed E-state index contributed by atoms with van der Waals surface area (Å²) < 4.78 is 13.6. The number of rotatable bonds is 4. The lowest BCUT2D eigenvalue weighted by atomic mass is 9.85. The number of hydrogen-bond acceptors (Lipinski definition) is 0. The summed E-state index contributed by atoms with van der Waals surface area (Å²) >= 11 is 3.49. The van der Waals surface area contributed by atoms with Crippen molar-refractivity contribution < 1.29 is 4.39 Å². The molecule has 0 aromatic heterocycles. The minimum absolute atomic E-state index is 0.0825. The van der Waals surface area contributed by atoms with Gasteiger partial charge in [0.2, 0.25) is 0 Å². The van der Waals surface area contributed by atoms with E-state index in [2.05, 4.69) is 36.7 Å². The molecule has 2 heteroatoms. The first-order valence-corrected chi connectivity index (χ1v) is 6.86. The van der Waals surface area contributed by atoms with Gasteiger partial charge in [0.25, 0.3) is 0 Å². The lowest BCUT2D eigenvalue weighted by Crippen LogP contribution is -2.10. The molecule has 1 unspecified atom stereocenters. The monoisotopic (exact) mass is 286 g/mol. The van der Waals surface area contributed by atoms with Crippen LogP contribution >= 0.6 is 15.9 Å². The molecule has 0 N–H and O–H groups in total. The second kappa shape index (κ2) is 5.81. The highest BCUT2D eigenvalue weighted by atomic mass is 79.9. The molecule has 0 saturated heterocycles. The molecule has 90 valence electrons. The first-order chi connectivity index (χ1) is 7.44. The highest BCUT2D eigenvalue weighted by Gasteiger charge is 2.18. The molecule has 0 aliphatic rings. The topological polar surface area (TPSA) is 0 Å². The van der Waals surface area contributed by atoms with Crippen molar-refractivity contribution in [3.8, 4) is 0 Å². The maximum atomic E-state index is 13.6. The summed E-state index contributed by atoms with van der Waals surface area (Å²) in [5.74, 6) is 0.196. The zero-order valence-corrected chi connectivity index (χ0v) is 11.8. The predicted molar refractivity (Wildman–Crippen MR) is 71.6 cm³/mol. The predicted octanol–water partition coefficient (Wildman–Crippen LogP) is 5.13. The normalized spacial score (nSPS) is 13.8. The molecule has 0 heterocycles. The molecule has 0 bridgehead atoms. The van der Waals surface area contributed by atoms with E-state index in [1.165, 1.54) is 0 Å². The second-order valence-electron chi connectivity index (χ2n) is 5.47. The number of benzene rings is 1. The summed E-state index contributed by atoms with van der Waals surface area (Å²) in [5, 5.41) is 0.823. The molecule has 1 aromatic rings. The Bertz CT molecular complexity index is 328. The summed E-state index contributed by atoms with van der Waals surface area (Å²) in [7, 11) is 0. The van der Waals surface area contributed by atoms with E-state index in [0.29, 0.717) is 5.41 Å². The van der Waals surface area contributed by atoms with E-state index in [1.807, 2.05) is 12.1 Å². The van der Waals surface area contributed by atoms with Crippen molar-refractivity contribution in [1.82, 2.24) is 0 Å². The third-order valence-corrected chi connectivity index (χ3v) is 3.56. The molecule has 0 saturated carbocycles. The van der Waals surface area contributed by atoms with E-state index in [4.69, 9.17) is 0 Å². The van der Waals surface area contributed by atoms with Gasteiger partial charge in [-0.1, -0.05) is 54.9 Å². The van der Waals surface area contributed by atoms with Gasteiger partial charge >= 0.3 is 0 Å². The van der Waals surface area contributed by atoms with Crippen LogP contribution in [-0.4, -0.2) is 5.33 Å². The molecular formula is C14H20BrF. The van der Waals surface area contributed by atoms with Crippen LogP contribution in [0.1, 0.15) is 45.1 Å². The first-order valence-electron chi connectivity index (χ1n) is 5.74. The van der Waals surface area contributed by atoms with E-state index in [0.717, 1.165) is 23.7 Å². The van der Waals surface area contributed by atoms with Crippen LogP contribution < -0.4 is 0 Å². The molecule has 0 amide bonds. The smallest absolute Gasteiger partial charge is 0.126 e. The molecule has 16 heavy (non-hydrogen) atoms. The van der Waals surface area contributed by atoms with Crippen LogP contribution in [0.25, 0.3) is 0 Å². The Hall–Kier alpha value is -0.370. The van der Waals surface area contributed by atoms with Crippen LogP contribution in [0.4, 0.5) is 4.39 Å². The van der Waals surface area contributed by atoms with Gasteiger partial charge in [-0.25, -0.2) is 4.39 Å². The Morgan fingerprint density at radius 1 is 1.25 bits per heavy atom. The van der Waals surface area contributed by atoms with E-state index in [1.54, 1.807) is 12.1 Å². The van der Waals surface area contributed by atoms with Crippen LogP contribution in [-0.2, 0) is 0 Å². The maximum Gasteiger partial charge on any atom is 0.126 e. The molecule has 0 radical (unpaired) electrons. The molecule has 0 spiro atoms. The first kappa shape index (κ1) is 13.7. The Morgan fingerprint density at radius 2 is 1.88 bits per heavy atom. The fourth-order valence-corrected chi connectivity index (χ4v) is 2.40. The standard InChI is InChI=1S/C14H20BrF/c1-14(2,3)9-8-11(10-15)12-6-4-5-7-13(12)16/h4-7,11H,8-10H2,1-3H3. The number of halogens is 2. The van der Waals surface area contributed by atoms with Crippen LogP contribution in [0.5, 0.6) is 0 Å². The van der Waals surface area contributed by atoms with Gasteiger partial charge in [-0.2, -0.15) is 0 Å². The zero-order chi connectivity index (χ0) is 12.2. The summed E-state index contributed by atoms with van der Waals surface area (Å²) in [6, 6.07) is 7.09. The van der Waals surface area contributed by atoms with Crippen molar-refractivity contribution in [3.05, 3.63) is 35.6 Å². The van der Waals surface area contributed by atoms with Gasteiger partial charge in [0.1, 0.15) is 5.82 Å². The van der Waals surface area contributed by atoms with Gasteiger partial charge in [-0.3, -0.25) is 0 Å². The van der Waals surface area contributed by atoms with Crippen LogP contribution in [0.3, 0.4) is 0 Å². The molecule has 1 atom stereocenters. The lowest BCUT2D eigenvalue weighted by Gasteiger charge is -2.22. The van der Waals surface area contributed by atoms with Crippen molar-refractivity contribution in [1.29, 1.82) is 0 Å². The summed E-state index contributed by atoms with van der Waals surface area (Å²) in [6.45, 7) is 6.67. The van der Waals surface area contributed by atoms with E-state index in [9.17, 15) is 4.39 Å². The number of alkyl halides is 1. The van der Waals surface area contributed by atoms with Gasteiger partial charge in [-0.15, -0.1) is 0 Å². The molecule has 0 fully saturated rings. The average molecular weight is 287 g/mol. The largest absolute Gasteiger partial charge is 0.207 e. The Morgan fingerprint density at radius 3 is 2.38 bits per heavy atom. The molecular weight excluding hydrogens is 267 g/mol. The van der Waals surface area contributed by atoms with Gasteiger partial charge in [0, 0.05) is 5.33 Å². The van der Waals surface area contributed by atoms with Gasteiger partial charge in [0.05, 0.1) is 0 Å². The fraction of sp³-hybridized carbons (Fsp3) is 0.571. The van der Waals surface area contributed by atoms with Crippen molar-refractivity contribution in [2.45, 2.75) is 39.5 Å². The molecule has 1 aromatic carbocycles. The van der Waals surface area contributed by atoms with Crippen molar-refractivity contribution in [2.75, 3.05) is 5.33 Å². The summed E-state index contributed by atoms with van der Waals surface area (Å²) in [6.07, 6.45) is 2.13. The van der Waals surface area contributed by atoms with Gasteiger partial charge in [0.15, 0.2) is 0 Å². The molecule has 0 nitrogen and oxygen atoms in total. The quantitative estimate of drug-likeness (QED) is 0.673. The Balaban J connectivity index is 2.72. The van der Waals surface area contributed by atoms with E-state index < -0.39 is 0 Å². The fourth-order valence-electron chi connectivity index (χ4n) is 1.73. The summed E-state index contributed by atoms with van der Waals surface area (Å²) in [5.41, 5.74) is 1.15. The van der Waals surface area contributed by atoms with Crippen molar-refractivity contribution in [2.24, 2.45) is 5.41 Å². The van der Waals surface area contributed by atoms with Crippen LogP contribution in [0, 0.1) is 11.2 Å². The van der Waals surface area contributed by atoms with Crippen molar-refractivity contribution >= 4 is 15.9 Å². The second-order valence-corrected chi connectivity index (χ2v) is 6.12. The third-order valence-electron chi connectivity index (χ3n) is 2.77. The minimum atomic E-state index is -0.0825. The Kier molecular flexibility index (Phi) is 4.97.